The van der Waals surface area contributed by atoms with E-state index in [9.17, 15) is 14.7 Å². The fraction of sp³-hybridized carbons (Fsp3) is 0.333. The van der Waals surface area contributed by atoms with Gasteiger partial charge < -0.3 is 15.5 Å². The van der Waals surface area contributed by atoms with Crippen LogP contribution in [-0.4, -0.2) is 40.1 Å². The number of phenols is 1. The topological polar surface area (TPSA) is 86.6 Å². The zero-order valence-corrected chi connectivity index (χ0v) is 11.8. The van der Waals surface area contributed by atoms with E-state index >= 15 is 0 Å². The summed E-state index contributed by atoms with van der Waals surface area (Å²) in [7, 11) is 0. The quantitative estimate of drug-likeness (QED) is 0.748. The molecule has 3 N–H and O–H groups in total. The number of rotatable bonds is 6. The molecule has 0 radical (unpaired) electrons. The minimum Gasteiger partial charge on any atom is -0.507 e. The Kier molecular flexibility index (Phi) is 5.98. The first-order chi connectivity index (χ1) is 8.95. The average Bonchev–Trinajstić information content (AvgIpc) is 2.33. The number of aliphatic carboxylic acids is 1. The first-order valence-corrected chi connectivity index (χ1v) is 7.24. The Labute approximate surface area is 120 Å². The van der Waals surface area contributed by atoms with E-state index in [1.54, 1.807) is 0 Å². The summed E-state index contributed by atoms with van der Waals surface area (Å²) in [6.45, 7) is 0. The summed E-state index contributed by atoms with van der Waals surface area (Å²) in [5.41, 5.74) is -0.000184. The summed E-state index contributed by atoms with van der Waals surface area (Å²) in [4.78, 5) is 22.9. The van der Waals surface area contributed by atoms with Crippen molar-refractivity contribution in [3.8, 4) is 5.75 Å². The Morgan fingerprint density at radius 1 is 1.47 bits per heavy atom. The second kappa shape index (κ2) is 7.25. The monoisotopic (exact) mass is 303 g/mol. The molecule has 1 aromatic rings. The largest absolute Gasteiger partial charge is 0.507 e. The van der Waals surface area contributed by atoms with Gasteiger partial charge in [0.1, 0.15) is 11.8 Å². The van der Waals surface area contributed by atoms with Crippen molar-refractivity contribution in [1.29, 1.82) is 0 Å². The Hall–Kier alpha value is -1.40. The minimum absolute atomic E-state index is 0.000184. The molecule has 0 bridgehead atoms. The van der Waals surface area contributed by atoms with Crippen molar-refractivity contribution >= 4 is 35.2 Å². The van der Waals surface area contributed by atoms with Gasteiger partial charge in [0.05, 0.1) is 5.56 Å². The highest BCUT2D eigenvalue weighted by Crippen LogP contribution is 2.21. The second-order valence-electron chi connectivity index (χ2n) is 3.81. The van der Waals surface area contributed by atoms with Crippen LogP contribution in [0, 0.1) is 0 Å². The van der Waals surface area contributed by atoms with E-state index < -0.39 is 17.9 Å². The summed E-state index contributed by atoms with van der Waals surface area (Å²) in [5.74, 6) is -1.40. The number of hydrogen-bond donors (Lipinski definition) is 3. The van der Waals surface area contributed by atoms with E-state index in [4.69, 9.17) is 16.7 Å². The van der Waals surface area contributed by atoms with Gasteiger partial charge in [-0.1, -0.05) is 11.6 Å². The van der Waals surface area contributed by atoms with Gasteiger partial charge in [-0.15, -0.1) is 0 Å². The summed E-state index contributed by atoms with van der Waals surface area (Å²) >= 11 is 7.15. The molecule has 1 aromatic carbocycles. The molecule has 0 aliphatic heterocycles. The van der Waals surface area contributed by atoms with Crippen LogP contribution in [0.5, 0.6) is 5.75 Å². The van der Waals surface area contributed by atoms with Crippen LogP contribution in [0.25, 0.3) is 0 Å². The van der Waals surface area contributed by atoms with E-state index in [1.807, 2.05) is 6.26 Å². The molecule has 0 aliphatic rings. The SMILES string of the molecule is CSCC[C@@H](NC(=O)c1ccc(Cl)cc1O)C(=O)O. The van der Waals surface area contributed by atoms with Crippen molar-refractivity contribution in [1.82, 2.24) is 5.32 Å². The van der Waals surface area contributed by atoms with Crippen LogP contribution in [-0.2, 0) is 4.79 Å². The minimum atomic E-state index is -1.10. The first kappa shape index (κ1) is 15.7. The normalized spacial score (nSPS) is 11.9. The van der Waals surface area contributed by atoms with Crippen molar-refractivity contribution < 1.29 is 19.8 Å². The average molecular weight is 304 g/mol. The molecule has 0 aliphatic carbocycles. The van der Waals surface area contributed by atoms with Crippen molar-refractivity contribution in [2.24, 2.45) is 0 Å². The van der Waals surface area contributed by atoms with Gasteiger partial charge in [0.25, 0.3) is 5.91 Å². The number of carboxylic acid groups (broad SMARTS) is 1. The van der Waals surface area contributed by atoms with Gasteiger partial charge in [-0.3, -0.25) is 4.79 Å². The number of carbonyl (C=O) groups is 2. The van der Waals surface area contributed by atoms with Crippen molar-refractivity contribution in [2.75, 3.05) is 12.0 Å². The van der Waals surface area contributed by atoms with E-state index in [0.29, 0.717) is 17.2 Å². The number of benzene rings is 1. The number of aromatic hydroxyl groups is 1. The molecule has 0 heterocycles. The molecule has 7 heteroatoms. The highest BCUT2D eigenvalue weighted by atomic mass is 35.5. The van der Waals surface area contributed by atoms with Crippen LogP contribution in [0.15, 0.2) is 18.2 Å². The maximum absolute atomic E-state index is 11.9. The lowest BCUT2D eigenvalue weighted by Gasteiger charge is -2.14. The number of phenolic OH excluding ortho intramolecular Hbond substituents is 1. The fourth-order valence-electron chi connectivity index (χ4n) is 1.43. The van der Waals surface area contributed by atoms with E-state index in [-0.39, 0.29) is 11.3 Å². The maximum atomic E-state index is 11.9. The van der Waals surface area contributed by atoms with Crippen molar-refractivity contribution in [3.05, 3.63) is 28.8 Å². The number of thioether (sulfide) groups is 1. The Bertz CT molecular complexity index is 481. The van der Waals surface area contributed by atoms with Gasteiger partial charge in [-0.2, -0.15) is 11.8 Å². The van der Waals surface area contributed by atoms with Crippen LogP contribution < -0.4 is 5.32 Å². The van der Waals surface area contributed by atoms with Gasteiger partial charge in [-0.25, -0.2) is 4.79 Å². The van der Waals surface area contributed by atoms with Gasteiger partial charge in [0.15, 0.2) is 0 Å². The molecule has 5 nitrogen and oxygen atoms in total. The number of amides is 1. The second-order valence-corrected chi connectivity index (χ2v) is 5.23. The Balaban J connectivity index is 2.78. The Morgan fingerprint density at radius 3 is 2.68 bits per heavy atom. The zero-order chi connectivity index (χ0) is 14.4. The molecule has 0 unspecified atom stereocenters. The molecule has 0 saturated heterocycles. The summed E-state index contributed by atoms with van der Waals surface area (Å²) < 4.78 is 0. The zero-order valence-electron chi connectivity index (χ0n) is 10.2. The summed E-state index contributed by atoms with van der Waals surface area (Å²) in [5, 5.41) is 21.3. The van der Waals surface area contributed by atoms with Gasteiger partial charge in [0, 0.05) is 5.02 Å². The van der Waals surface area contributed by atoms with E-state index in [0.717, 1.165) is 0 Å². The highest BCUT2D eigenvalue weighted by Gasteiger charge is 2.21. The molecule has 19 heavy (non-hydrogen) atoms. The van der Waals surface area contributed by atoms with Crippen molar-refractivity contribution in [3.63, 3.8) is 0 Å². The summed E-state index contributed by atoms with van der Waals surface area (Å²) in [6.07, 6.45) is 2.17. The third-order valence-electron chi connectivity index (χ3n) is 2.42. The van der Waals surface area contributed by atoms with Crippen LogP contribution in [0.1, 0.15) is 16.8 Å². The molecule has 0 saturated carbocycles. The van der Waals surface area contributed by atoms with Gasteiger partial charge >= 0.3 is 5.97 Å². The number of nitrogens with one attached hydrogen (secondary N) is 1. The van der Waals surface area contributed by atoms with Crippen molar-refractivity contribution in [2.45, 2.75) is 12.5 Å². The maximum Gasteiger partial charge on any atom is 0.326 e. The molecule has 0 aromatic heterocycles. The molecular formula is C12H14ClNO4S. The molecule has 1 amide bonds. The molecule has 104 valence electrons. The summed E-state index contributed by atoms with van der Waals surface area (Å²) in [6, 6.07) is 3.05. The lowest BCUT2D eigenvalue weighted by Crippen LogP contribution is -2.41. The van der Waals surface area contributed by atoms with E-state index in [1.165, 1.54) is 30.0 Å². The smallest absolute Gasteiger partial charge is 0.326 e. The number of hydrogen-bond acceptors (Lipinski definition) is 4. The molecule has 1 atom stereocenters. The molecule has 1 rings (SSSR count). The van der Waals surface area contributed by atoms with Crippen LogP contribution in [0.3, 0.4) is 0 Å². The van der Waals surface area contributed by atoms with Gasteiger partial charge in [-0.05, 0) is 36.6 Å². The predicted octanol–water partition coefficient (Wildman–Crippen LogP) is 1.98. The lowest BCUT2D eigenvalue weighted by atomic mass is 10.1. The third-order valence-corrected chi connectivity index (χ3v) is 3.30. The molecule has 0 spiro atoms. The highest BCUT2D eigenvalue weighted by molar-refractivity contribution is 7.98. The predicted molar refractivity (Wildman–Crippen MR) is 75.0 cm³/mol. The van der Waals surface area contributed by atoms with Gasteiger partial charge in [0.2, 0.25) is 0 Å². The van der Waals surface area contributed by atoms with Crippen LogP contribution >= 0.6 is 23.4 Å². The van der Waals surface area contributed by atoms with Crippen LogP contribution in [0.4, 0.5) is 0 Å². The number of halogens is 1. The fourth-order valence-corrected chi connectivity index (χ4v) is 2.06. The van der Waals surface area contributed by atoms with E-state index in [2.05, 4.69) is 5.32 Å². The molecular weight excluding hydrogens is 290 g/mol. The number of carbonyl (C=O) groups excluding carboxylic acids is 1. The van der Waals surface area contributed by atoms with Crippen LogP contribution in [0.2, 0.25) is 5.02 Å². The third kappa shape index (κ3) is 4.65. The number of carboxylic acids is 1. The standard InChI is InChI=1S/C12H14ClNO4S/c1-19-5-4-9(12(17)18)14-11(16)8-3-2-7(13)6-10(8)15/h2-3,6,9,15H,4-5H2,1H3,(H,14,16)(H,17,18)/t9-/m1/s1. The molecule has 0 fully saturated rings. The first-order valence-electron chi connectivity index (χ1n) is 5.46. The Morgan fingerprint density at radius 2 is 2.16 bits per heavy atom. The lowest BCUT2D eigenvalue weighted by molar-refractivity contribution is -0.139.